The lowest BCUT2D eigenvalue weighted by molar-refractivity contribution is 0.253. The van der Waals surface area contributed by atoms with Crippen molar-refractivity contribution in [2.75, 3.05) is 11.9 Å². The van der Waals surface area contributed by atoms with Gasteiger partial charge in [0.15, 0.2) is 0 Å². The fraction of sp³-hybridized carbons (Fsp3) is 0.357. The molecule has 0 spiro atoms. The summed E-state index contributed by atoms with van der Waals surface area (Å²) in [6, 6.07) is 5.99. The van der Waals surface area contributed by atoms with E-state index in [-0.39, 0.29) is 6.03 Å². The molecule has 2 amide bonds. The normalized spacial score (nSPS) is 14.3. The second-order valence-electron chi connectivity index (χ2n) is 4.35. The molecule has 0 bridgehead atoms. The molecular weight excluding hydrogens is 292 g/mol. The van der Waals surface area contributed by atoms with Crippen LogP contribution in [0.4, 0.5) is 10.5 Å². The second kappa shape index (κ2) is 6.59. The van der Waals surface area contributed by atoms with E-state index in [0.717, 1.165) is 18.5 Å². The van der Waals surface area contributed by atoms with Crippen molar-refractivity contribution < 1.29 is 4.79 Å². The van der Waals surface area contributed by atoms with E-state index in [2.05, 4.69) is 32.6 Å². The molecule has 0 radical (unpaired) electrons. The Morgan fingerprint density at radius 1 is 1.33 bits per heavy atom. The molecule has 1 aromatic carbocycles. The number of anilines is 1. The number of fused-ring (bicyclic) bond motifs is 1. The summed E-state index contributed by atoms with van der Waals surface area (Å²) in [6.45, 7) is 0.520. The van der Waals surface area contributed by atoms with Gasteiger partial charge in [-0.05, 0) is 47.9 Å². The van der Waals surface area contributed by atoms with Crippen LogP contribution in [0.3, 0.4) is 0 Å². The standard InChI is InChI=1S/C14H17BrN2O/c15-9-4-10-16-14(18)17-13-8-3-6-11-5-1-2-7-12(11)13/h3-4,6,8-9H,1-2,5,7,10H2,(H2,16,17,18). The zero-order chi connectivity index (χ0) is 12.8. The predicted octanol–water partition coefficient (Wildman–Crippen LogP) is 3.60. The van der Waals surface area contributed by atoms with Crippen molar-refractivity contribution >= 4 is 27.6 Å². The number of rotatable bonds is 3. The lowest BCUT2D eigenvalue weighted by atomic mass is 9.90. The van der Waals surface area contributed by atoms with Crippen molar-refractivity contribution in [1.29, 1.82) is 0 Å². The average molecular weight is 309 g/mol. The Morgan fingerprint density at radius 2 is 2.17 bits per heavy atom. The third kappa shape index (κ3) is 3.35. The number of nitrogens with one attached hydrogen (secondary N) is 2. The van der Waals surface area contributed by atoms with Crippen LogP contribution in [-0.4, -0.2) is 12.6 Å². The van der Waals surface area contributed by atoms with Gasteiger partial charge in [0.1, 0.15) is 0 Å². The van der Waals surface area contributed by atoms with Crippen LogP contribution >= 0.6 is 15.9 Å². The third-order valence-electron chi connectivity index (χ3n) is 3.11. The fourth-order valence-corrected chi connectivity index (χ4v) is 2.45. The molecule has 1 aliphatic carbocycles. The Balaban J connectivity index is 2.02. The summed E-state index contributed by atoms with van der Waals surface area (Å²) in [5, 5.41) is 5.70. The number of amides is 2. The molecule has 0 atom stereocenters. The minimum atomic E-state index is -0.153. The molecule has 0 aliphatic heterocycles. The topological polar surface area (TPSA) is 41.1 Å². The molecule has 0 saturated carbocycles. The van der Waals surface area contributed by atoms with E-state index in [1.165, 1.54) is 24.0 Å². The number of benzene rings is 1. The van der Waals surface area contributed by atoms with Gasteiger partial charge in [-0.15, -0.1) is 0 Å². The molecule has 0 fully saturated rings. The molecular formula is C14H17BrN2O. The van der Waals surface area contributed by atoms with Gasteiger partial charge in [-0.3, -0.25) is 0 Å². The van der Waals surface area contributed by atoms with Gasteiger partial charge in [-0.1, -0.05) is 34.1 Å². The highest BCUT2D eigenvalue weighted by atomic mass is 79.9. The van der Waals surface area contributed by atoms with Gasteiger partial charge in [0.2, 0.25) is 0 Å². The highest BCUT2D eigenvalue weighted by Gasteiger charge is 2.13. The molecule has 3 nitrogen and oxygen atoms in total. The van der Waals surface area contributed by atoms with Crippen LogP contribution in [-0.2, 0) is 12.8 Å². The summed E-state index contributed by atoms with van der Waals surface area (Å²) >= 11 is 3.16. The zero-order valence-electron chi connectivity index (χ0n) is 10.2. The number of halogens is 1. The van der Waals surface area contributed by atoms with Crippen LogP contribution in [0.1, 0.15) is 24.0 Å². The largest absolute Gasteiger partial charge is 0.334 e. The third-order valence-corrected chi connectivity index (χ3v) is 3.49. The molecule has 1 aromatic rings. The molecule has 1 aliphatic rings. The van der Waals surface area contributed by atoms with E-state index in [0.29, 0.717) is 6.54 Å². The Bertz CT molecular complexity index is 457. The van der Waals surface area contributed by atoms with Gasteiger partial charge in [0.05, 0.1) is 0 Å². The SMILES string of the molecule is O=C(NCC=CBr)Nc1cccc2c1CCCC2. The number of carbonyl (C=O) groups is 1. The Hall–Kier alpha value is -1.29. The van der Waals surface area contributed by atoms with Gasteiger partial charge in [-0.2, -0.15) is 0 Å². The molecule has 4 heteroatoms. The number of hydrogen-bond acceptors (Lipinski definition) is 1. The summed E-state index contributed by atoms with van der Waals surface area (Å²) in [5.74, 6) is 0. The van der Waals surface area contributed by atoms with E-state index >= 15 is 0 Å². The van der Waals surface area contributed by atoms with Crippen LogP contribution in [0.15, 0.2) is 29.3 Å². The Morgan fingerprint density at radius 3 is 3.00 bits per heavy atom. The van der Waals surface area contributed by atoms with Crippen molar-refractivity contribution in [1.82, 2.24) is 5.32 Å². The maximum atomic E-state index is 11.7. The number of hydrogen-bond donors (Lipinski definition) is 2. The highest BCUT2D eigenvalue weighted by Crippen LogP contribution is 2.27. The van der Waals surface area contributed by atoms with Gasteiger partial charge in [-0.25, -0.2) is 4.79 Å². The summed E-state index contributed by atoms with van der Waals surface area (Å²) in [7, 11) is 0. The lowest BCUT2D eigenvalue weighted by Crippen LogP contribution is -2.29. The van der Waals surface area contributed by atoms with Crippen LogP contribution in [0.25, 0.3) is 0 Å². The number of urea groups is 1. The summed E-state index contributed by atoms with van der Waals surface area (Å²) in [4.78, 5) is 13.4. The zero-order valence-corrected chi connectivity index (χ0v) is 11.8. The van der Waals surface area contributed by atoms with Crippen molar-refractivity contribution in [3.8, 4) is 0 Å². The maximum absolute atomic E-state index is 11.7. The van der Waals surface area contributed by atoms with Crippen molar-refractivity contribution in [2.24, 2.45) is 0 Å². The molecule has 0 unspecified atom stereocenters. The molecule has 0 heterocycles. The number of carbonyl (C=O) groups excluding carboxylic acids is 1. The van der Waals surface area contributed by atoms with Crippen LogP contribution in [0.5, 0.6) is 0 Å². The maximum Gasteiger partial charge on any atom is 0.319 e. The summed E-state index contributed by atoms with van der Waals surface area (Å²) < 4.78 is 0. The van der Waals surface area contributed by atoms with Crippen molar-refractivity contribution in [3.63, 3.8) is 0 Å². The quantitative estimate of drug-likeness (QED) is 0.880. The smallest absolute Gasteiger partial charge is 0.319 e. The van der Waals surface area contributed by atoms with E-state index in [1.54, 1.807) is 4.99 Å². The van der Waals surface area contributed by atoms with E-state index in [9.17, 15) is 4.79 Å². The first-order valence-corrected chi connectivity index (χ1v) is 7.13. The second-order valence-corrected chi connectivity index (χ2v) is 4.88. The van der Waals surface area contributed by atoms with Gasteiger partial charge < -0.3 is 10.6 Å². The Kier molecular flexibility index (Phi) is 4.81. The van der Waals surface area contributed by atoms with Crippen LogP contribution in [0.2, 0.25) is 0 Å². The molecule has 96 valence electrons. The van der Waals surface area contributed by atoms with Crippen molar-refractivity contribution in [3.05, 3.63) is 40.4 Å². The molecule has 2 N–H and O–H groups in total. The minimum Gasteiger partial charge on any atom is -0.334 e. The minimum absolute atomic E-state index is 0.153. The lowest BCUT2D eigenvalue weighted by Gasteiger charge is -2.19. The van der Waals surface area contributed by atoms with Gasteiger partial charge in [0.25, 0.3) is 0 Å². The molecule has 18 heavy (non-hydrogen) atoms. The van der Waals surface area contributed by atoms with Gasteiger partial charge in [0, 0.05) is 12.2 Å². The van der Waals surface area contributed by atoms with E-state index in [4.69, 9.17) is 0 Å². The van der Waals surface area contributed by atoms with E-state index in [1.807, 2.05) is 18.2 Å². The van der Waals surface area contributed by atoms with E-state index < -0.39 is 0 Å². The predicted molar refractivity (Wildman–Crippen MR) is 78.2 cm³/mol. The van der Waals surface area contributed by atoms with Crippen LogP contribution in [0, 0.1) is 0 Å². The molecule has 0 saturated heterocycles. The Labute approximate surface area is 116 Å². The monoisotopic (exact) mass is 308 g/mol. The first kappa shape index (κ1) is 13.1. The van der Waals surface area contributed by atoms with Crippen LogP contribution < -0.4 is 10.6 Å². The first-order chi connectivity index (χ1) is 8.81. The van der Waals surface area contributed by atoms with Crippen molar-refractivity contribution in [2.45, 2.75) is 25.7 Å². The average Bonchev–Trinajstić information content (AvgIpc) is 2.39. The first-order valence-electron chi connectivity index (χ1n) is 6.22. The summed E-state index contributed by atoms with van der Waals surface area (Å²) in [5.41, 5.74) is 3.63. The fourth-order valence-electron chi connectivity index (χ4n) is 2.26. The molecule has 2 rings (SSSR count). The molecule has 0 aromatic heterocycles. The summed E-state index contributed by atoms with van der Waals surface area (Å²) in [6.07, 6.45) is 6.48. The van der Waals surface area contributed by atoms with Gasteiger partial charge >= 0.3 is 6.03 Å². The highest BCUT2D eigenvalue weighted by molar-refractivity contribution is 9.11. The number of aryl methyl sites for hydroxylation is 1.